The van der Waals surface area contributed by atoms with Gasteiger partial charge in [0.25, 0.3) is 0 Å². The Labute approximate surface area is 128 Å². The molecule has 0 bridgehead atoms. The van der Waals surface area contributed by atoms with Crippen LogP contribution in [-0.2, 0) is 6.42 Å². The van der Waals surface area contributed by atoms with Crippen LogP contribution in [0.1, 0.15) is 43.4 Å². The van der Waals surface area contributed by atoms with Gasteiger partial charge in [-0.2, -0.15) is 0 Å². The average molecular weight is 279 g/mol. The van der Waals surface area contributed by atoms with Crippen LogP contribution in [0, 0.1) is 5.92 Å². The molecule has 0 saturated heterocycles. The summed E-state index contributed by atoms with van der Waals surface area (Å²) in [6, 6.07) is 22.8. The van der Waals surface area contributed by atoms with Crippen LogP contribution in [-0.4, -0.2) is 6.04 Å². The Bertz CT molecular complexity index is 530. The fourth-order valence-corrected chi connectivity index (χ4v) is 3.01. The van der Waals surface area contributed by atoms with Gasteiger partial charge in [0.15, 0.2) is 0 Å². The van der Waals surface area contributed by atoms with E-state index in [1.165, 1.54) is 30.4 Å². The third-order valence-electron chi connectivity index (χ3n) is 4.43. The molecule has 1 nitrogen and oxygen atoms in total. The van der Waals surface area contributed by atoms with Crippen molar-refractivity contribution < 1.29 is 0 Å². The highest BCUT2D eigenvalue weighted by atomic mass is 15.0. The van der Waals surface area contributed by atoms with E-state index >= 15 is 0 Å². The highest BCUT2D eigenvalue weighted by Gasteiger charge is 2.32. The summed E-state index contributed by atoms with van der Waals surface area (Å²) < 4.78 is 0. The minimum Gasteiger partial charge on any atom is -0.307 e. The second-order valence-electron chi connectivity index (χ2n) is 6.32. The summed E-state index contributed by atoms with van der Waals surface area (Å²) in [7, 11) is 0. The van der Waals surface area contributed by atoms with Gasteiger partial charge in [-0.1, -0.05) is 60.7 Å². The minimum atomic E-state index is 0.539. The standard InChI is InChI=1S/C20H25N/c1-16(12-13-17-8-4-2-5-9-17)21-20(19-14-15-19)18-10-6-3-7-11-18/h2-11,16,19-21H,12-15H2,1H3. The summed E-state index contributed by atoms with van der Waals surface area (Å²) in [6.07, 6.45) is 5.09. The lowest BCUT2D eigenvalue weighted by Gasteiger charge is -2.24. The van der Waals surface area contributed by atoms with Crippen molar-refractivity contribution in [2.24, 2.45) is 5.92 Å². The maximum atomic E-state index is 3.87. The first-order chi connectivity index (χ1) is 10.3. The molecule has 0 amide bonds. The SMILES string of the molecule is CC(CCc1ccccc1)NC(c1ccccc1)C1CC1. The van der Waals surface area contributed by atoms with Crippen molar-refractivity contribution in [3.63, 3.8) is 0 Å². The summed E-state index contributed by atoms with van der Waals surface area (Å²) in [4.78, 5) is 0. The van der Waals surface area contributed by atoms with Crippen LogP contribution >= 0.6 is 0 Å². The van der Waals surface area contributed by atoms with Crippen molar-refractivity contribution >= 4 is 0 Å². The first-order valence-electron chi connectivity index (χ1n) is 8.18. The molecule has 1 fully saturated rings. The van der Waals surface area contributed by atoms with E-state index in [0.29, 0.717) is 12.1 Å². The molecule has 1 heteroatoms. The third kappa shape index (κ3) is 4.18. The van der Waals surface area contributed by atoms with E-state index in [-0.39, 0.29) is 0 Å². The largest absolute Gasteiger partial charge is 0.307 e. The highest BCUT2D eigenvalue weighted by Crippen LogP contribution is 2.41. The zero-order chi connectivity index (χ0) is 14.5. The highest BCUT2D eigenvalue weighted by molar-refractivity contribution is 5.21. The molecule has 1 aliphatic rings. The fourth-order valence-electron chi connectivity index (χ4n) is 3.01. The minimum absolute atomic E-state index is 0.539. The van der Waals surface area contributed by atoms with E-state index in [1.807, 2.05) is 0 Å². The summed E-state index contributed by atoms with van der Waals surface area (Å²) in [6.45, 7) is 2.32. The molecular formula is C20H25N. The topological polar surface area (TPSA) is 12.0 Å². The Balaban J connectivity index is 1.56. The van der Waals surface area contributed by atoms with Gasteiger partial charge in [-0.15, -0.1) is 0 Å². The number of aryl methyl sites for hydroxylation is 1. The van der Waals surface area contributed by atoms with Crippen molar-refractivity contribution in [3.8, 4) is 0 Å². The predicted octanol–water partition coefficient (Wildman–Crippen LogP) is 4.75. The molecule has 2 atom stereocenters. The molecule has 2 aromatic carbocycles. The Morgan fingerprint density at radius 1 is 0.952 bits per heavy atom. The maximum absolute atomic E-state index is 3.87. The van der Waals surface area contributed by atoms with E-state index in [9.17, 15) is 0 Å². The number of hydrogen-bond acceptors (Lipinski definition) is 1. The van der Waals surface area contributed by atoms with Crippen molar-refractivity contribution in [1.82, 2.24) is 5.32 Å². The Morgan fingerprint density at radius 3 is 2.19 bits per heavy atom. The third-order valence-corrected chi connectivity index (χ3v) is 4.43. The zero-order valence-corrected chi connectivity index (χ0v) is 12.8. The zero-order valence-electron chi connectivity index (χ0n) is 12.8. The van der Waals surface area contributed by atoms with Gasteiger partial charge in [0.05, 0.1) is 0 Å². The van der Waals surface area contributed by atoms with Crippen LogP contribution in [0.2, 0.25) is 0 Å². The second kappa shape index (κ2) is 6.91. The van der Waals surface area contributed by atoms with E-state index in [0.717, 1.165) is 12.3 Å². The first-order valence-corrected chi connectivity index (χ1v) is 8.18. The number of rotatable bonds is 7. The number of nitrogens with one attached hydrogen (secondary N) is 1. The normalized spacial score (nSPS) is 17.4. The molecule has 1 saturated carbocycles. The molecule has 21 heavy (non-hydrogen) atoms. The van der Waals surface area contributed by atoms with Gasteiger partial charge in [0.1, 0.15) is 0 Å². The molecular weight excluding hydrogens is 254 g/mol. The van der Waals surface area contributed by atoms with Gasteiger partial charge in [0.2, 0.25) is 0 Å². The molecule has 0 aliphatic heterocycles. The summed E-state index contributed by atoms with van der Waals surface area (Å²) in [5.74, 6) is 0.839. The van der Waals surface area contributed by atoms with Crippen LogP contribution in [0.3, 0.4) is 0 Å². The molecule has 3 rings (SSSR count). The van der Waals surface area contributed by atoms with Crippen LogP contribution in [0.25, 0.3) is 0 Å². The molecule has 0 aromatic heterocycles. The van der Waals surface area contributed by atoms with Crippen molar-refractivity contribution in [3.05, 3.63) is 71.8 Å². The average Bonchev–Trinajstić information content (AvgIpc) is 3.37. The predicted molar refractivity (Wildman–Crippen MR) is 89.3 cm³/mol. The molecule has 0 heterocycles. The monoisotopic (exact) mass is 279 g/mol. The second-order valence-corrected chi connectivity index (χ2v) is 6.32. The van der Waals surface area contributed by atoms with Gasteiger partial charge in [-0.05, 0) is 49.7 Å². The van der Waals surface area contributed by atoms with Crippen LogP contribution in [0.5, 0.6) is 0 Å². The quantitative estimate of drug-likeness (QED) is 0.771. The van der Waals surface area contributed by atoms with Crippen molar-refractivity contribution in [2.75, 3.05) is 0 Å². The lowest BCUT2D eigenvalue weighted by molar-refractivity contribution is 0.404. The van der Waals surface area contributed by atoms with Crippen LogP contribution in [0.15, 0.2) is 60.7 Å². The summed E-state index contributed by atoms with van der Waals surface area (Å²) in [5.41, 5.74) is 2.89. The van der Waals surface area contributed by atoms with Crippen molar-refractivity contribution in [2.45, 2.75) is 44.7 Å². The molecule has 0 spiro atoms. The first kappa shape index (κ1) is 14.3. The van der Waals surface area contributed by atoms with Gasteiger partial charge < -0.3 is 5.32 Å². The van der Waals surface area contributed by atoms with Crippen molar-refractivity contribution in [1.29, 1.82) is 0 Å². The molecule has 0 radical (unpaired) electrons. The Morgan fingerprint density at radius 2 is 1.57 bits per heavy atom. The van der Waals surface area contributed by atoms with Gasteiger partial charge in [0, 0.05) is 12.1 Å². The number of hydrogen-bond donors (Lipinski definition) is 1. The van der Waals surface area contributed by atoms with E-state index in [4.69, 9.17) is 0 Å². The lowest BCUT2D eigenvalue weighted by Crippen LogP contribution is -2.32. The molecule has 2 aromatic rings. The maximum Gasteiger partial charge on any atom is 0.0350 e. The summed E-state index contributed by atoms with van der Waals surface area (Å²) in [5, 5.41) is 3.87. The molecule has 110 valence electrons. The van der Waals surface area contributed by atoms with E-state index in [2.05, 4.69) is 72.9 Å². The van der Waals surface area contributed by atoms with Gasteiger partial charge in [-0.3, -0.25) is 0 Å². The van der Waals surface area contributed by atoms with Crippen LogP contribution in [0.4, 0.5) is 0 Å². The van der Waals surface area contributed by atoms with E-state index < -0.39 is 0 Å². The Hall–Kier alpha value is -1.60. The molecule has 2 unspecified atom stereocenters. The number of benzene rings is 2. The van der Waals surface area contributed by atoms with Gasteiger partial charge >= 0.3 is 0 Å². The summed E-state index contributed by atoms with van der Waals surface area (Å²) >= 11 is 0. The van der Waals surface area contributed by atoms with Crippen LogP contribution < -0.4 is 5.32 Å². The van der Waals surface area contributed by atoms with E-state index in [1.54, 1.807) is 0 Å². The fraction of sp³-hybridized carbons (Fsp3) is 0.400. The smallest absolute Gasteiger partial charge is 0.0350 e. The van der Waals surface area contributed by atoms with Gasteiger partial charge in [-0.25, -0.2) is 0 Å². The molecule has 1 N–H and O–H groups in total. The molecule has 1 aliphatic carbocycles. The Kier molecular flexibility index (Phi) is 4.72. The lowest BCUT2D eigenvalue weighted by atomic mass is 9.99.